The van der Waals surface area contributed by atoms with E-state index in [1.807, 2.05) is 0 Å². The molecule has 0 aliphatic carbocycles. The molecule has 1 N–H and O–H groups in total. The molecule has 0 aromatic carbocycles. The Morgan fingerprint density at radius 1 is 0.759 bits per heavy atom. The third kappa shape index (κ3) is 16.1. The van der Waals surface area contributed by atoms with Crippen molar-refractivity contribution < 1.29 is 5.11 Å². The van der Waals surface area contributed by atoms with Gasteiger partial charge < -0.3 is 5.11 Å². The van der Waals surface area contributed by atoms with E-state index in [2.05, 4.69) is 31.0 Å². The Balaban J connectivity index is 1.76. The maximum absolute atomic E-state index is 10.3. The lowest BCUT2D eigenvalue weighted by atomic mass is 9.99. The van der Waals surface area contributed by atoms with Crippen LogP contribution in [0.25, 0.3) is 0 Å². The molecule has 1 aliphatic heterocycles. The molecule has 29 heavy (non-hydrogen) atoms. The third-order valence-electron chi connectivity index (χ3n) is 6.73. The van der Waals surface area contributed by atoms with Gasteiger partial charge in [-0.25, -0.2) is 0 Å². The summed E-state index contributed by atoms with van der Waals surface area (Å²) in [4.78, 5) is 2.37. The first kappa shape index (κ1) is 26.7. The minimum Gasteiger partial charge on any atom is -0.393 e. The van der Waals surface area contributed by atoms with E-state index in [1.54, 1.807) is 0 Å². The van der Waals surface area contributed by atoms with E-state index in [1.165, 1.54) is 109 Å². The molecule has 0 saturated heterocycles. The SMILES string of the molecule is CCCCCCCCCCCCCCCCCCC[C@@H](O)C[C@@H]1C=CCCN1C. The van der Waals surface area contributed by atoms with E-state index in [9.17, 15) is 5.11 Å². The van der Waals surface area contributed by atoms with Crippen molar-refractivity contribution in [3.8, 4) is 0 Å². The van der Waals surface area contributed by atoms with Crippen molar-refractivity contribution >= 4 is 0 Å². The third-order valence-corrected chi connectivity index (χ3v) is 6.73. The predicted molar refractivity (Wildman–Crippen MR) is 130 cm³/mol. The minimum absolute atomic E-state index is 0.124. The maximum Gasteiger partial charge on any atom is 0.0558 e. The highest BCUT2D eigenvalue weighted by atomic mass is 16.3. The lowest BCUT2D eigenvalue weighted by Crippen LogP contribution is -2.35. The van der Waals surface area contributed by atoms with Gasteiger partial charge in [0.1, 0.15) is 0 Å². The largest absolute Gasteiger partial charge is 0.393 e. The van der Waals surface area contributed by atoms with Gasteiger partial charge in [0.25, 0.3) is 0 Å². The van der Waals surface area contributed by atoms with Crippen molar-refractivity contribution in [2.75, 3.05) is 13.6 Å². The molecule has 2 atom stereocenters. The summed E-state index contributed by atoms with van der Waals surface area (Å²) in [6, 6.07) is 0.449. The van der Waals surface area contributed by atoms with Crippen molar-refractivity contribution in [2.24, 2.45) is 0 Å². The zero-order valence-electron chi connectivity index (χ0n) is 20.1. The summed E-state index contributed by atoms with van der Waals surface area (Å²) >= 11 is 0. The van der Waals surface area contributed by atoms with Gasteiger partial charge in [0.05, 0.1) is 6.10 Å². The number of unbranched alkanes of at least 4 members (excludes halogenated alkanes) is 16. The van der Waals surface area contributed by atoms with Crippen LogP contribution in [-0.2, 0) is 0 Å². The summed E-state index contributed by atoms with van der Waals surface area (Å²) in [6.45, 7) is 3.43. The molecular weight excluding hydrogens is 354 g/mol. The number of rotatable bonds is 20. The predicted octanol–water partition coefficient (Wildman–Crippen LogP) is 8.04. The van der Waals surface area contributed by atoms with Crippen LogP contribution >= 0.6 is 0 Å². The molecule has 0 saturated carbocycles. The summed E-state index contributed by atoms with van der Waals surface area (Å²) < 4.78 is 0. The molecule has 1 heterocycles. The van der Waals surface area contributed by atoms with E-state index in [4.69, 9.17) is 0 Å². The van der Waals surface area contributed by atoms with E-state index in [0.29, 0.717) is 6.04 Å². The normalized spacial score (nSPS) is 18.4. The molecule has 172 valence electrons. The number of nitrogens with zero attached hydrogens (tertiary/aromatic N) is 1. The van der Waals surface area contributed by atoms with Gasteiger partial charge in [-0.15, -0.1) is 0 Å². The van der Waals surface area contributed by atoms with Crippen molar-refractivity contribution in [3.63, 3.8) is 0 Å². The second-order valence-corrected chi connectivity index (χ2v) is 9.60. The first-order chi connectivity index (χ1) is 14.2. The van der Waals surface area contributed by atoms with E-state index < -0.39 is 0 Å². The van der Waals surface area contributed by atoms with Crippen LogP contribution < -0.4 is 0 Å². The second-order valence-electron chi connectivity index (χ2n) is 9.60. The van der Waals surface area contributed by atoms with Crippen LogP contribution in [0.4, 0.5) is 0 Å². The first-order valence-corrected chi connectivity index (χ1v) is 13.3. The summed E-state index contributed by atoms with van der Waals surface area (Å²) in [5.74, 6) is 0. The first-order valence-electron chi connectivity index (χ1n) is 13.3. The van der Waals surface area contributed by atoms with Crippen LogP contribution in [0.15, 0.2) is 12.2 Å². The van der Waals surface area contributed by atoms with Crippen LogP contribution in [0.5, 0.6) is 0 Å². The summed E-state index contributed by atoms with van der Waals surface area (Å²) in [6.07, 6.45) is 31.5. The lowest BCUT2D eigenvalue weighted by Gasteiger charge is -2.30. The summed E-state index contributed by atoms with van der Waals surface area (Å²) in [5.41, 5.74) is 0. The second kappa shape index (κ2) is 19.6. The van der Waals surface area contributed by atoms with Gasteiger partial charge in [0, 0.05) is 12.6 Å². The topological polar surface area (TPSA) is 23.5 Å². The Morgan fingerprint density at radius 2 is 1.21 bits per heavy atom. The van der Waals surface area contributed by atoms with Crippen LogP contribution in [0.2, 0.25) is 0 Å². The molecule has 0 amide bonds. The van der Waals surface area contributed by atoms with Gasteiger partial charge >= 0.3 is 0 Å². The molecular formula is C27H53NO. The highest BCUT2D eigenvalue weighted by Gasteiger charge is 2.17. The fourth-order valence-electron chi connectivity index (χ4n) is 4.60. The van der Waals surface area contributed by atoms with Crippen molar-refractivity contribution in [3.05, 3.63) is 12.2 Å². The Bertz CT molecular complexity index is 368. The number of aliphatic hydroxyl groups is 1. The fourth-order valence-corrected chi connectivity index (χ4v) is 4.60. The van der Waals surface area contributed by atoms with Crippen LogP contribution in [-0.4, -0.2) is 35.7 Å². The van der Waals surface area contributed by atoms with Crippen LogP contribution in [0.1, 0.15) is 135 Å². The molecule has 1 rings (SSSR count). The van der Waals surface area contributed by atoms with E-state index in [-0.39, 0.29) is 6.10 Å². The average molecular weight is 408 g/mol. The smallest absolute Gasteiger partial charge is 0.0558 e. The summed E-state index contributed by atoms with van der Waals surface area (Å²) in [5, 5.41) is 10.3. The molecule has 0 unspecified atom stereocenters. The lowest BCUT2D eigenvalue weighted by molar-refractivity contribution is 0.116. The average Bonchev–Trinajstić information content (AvgIpc) is 2.72. The Kier molecular flexibility index (Phi) is 18.1. The van der Waals surface area contributed by atoms with Gasteiger partial charge in [-0.1, -0.05) is 128 Å². The molecule has 0 radical (unpaired) electrons. The monoisotopic (exact) mass is 407 g/mol. The Labute approximate surface area is 183 Å². The van der Waals surface area contributed by atoms with E-state index >= 15 is 0 Å². The Morgan fingerprint density at radius 3 is 1.66 bits per heavy atom. The van der Waals surface area contributed by atoms with Gasteiger partial charge in [0.15, 0.2) is 0 Å². The zero-order chi connectivity index (χ0) is 21.0. The van der Waals surface area contributed by atoms with Gasteiger partial charge in [-0.2, -0.15) is 0 Å². The number of hydrogen-bond donors (Lipinski definition) is 1. The number of hydrogen-bond acceptors (Lipinski definition) is 2. The van der Waals surface area contributed by atoms with Crippen LogP contribution in [0, 0.1) is 0 Å². The Hall–Kier alpha value is -0.340. The quantitative estimate of drug-likeness (QED) is 0.163. The van der Waals surface area contributed by atoms with Gasteiger partial charge in [-0.3, -0.25) is 4.90 Å². The van der Waals surface area contributed by atoms with Gasteiger partial charge in [0.2, 0.25) is 0 Å². The van der Waals surface area contributed by atoms with E-state index in [0.717, 1.165) is 25.8 Å². The number of aliphatic hydroxyl groups excluding tert-OH is 1. The maximum atomic E-state index is 10.3. The molecule has 0 aromatic heterocycles. The van der Waals surface area contributed by atoms with Crippen molar-refractivity contribution in [2.45, 2.75) is 147 Å². The van der Waals surface area contributed by atoms with Crippen molar-refractivity contribution in [1.29, 1.82) is 0 Å². The highest BCUT2D eigenvalue weighted by molar-refractivity contribution is 4.99. The molecule has 0 bridgehead atoms. The summed E-state index contributed by atoms with van der Waals surface area (Å²) in [7, 11) is 2.18. The molecule has 0 fully saturated rings. The molecule has 0 spiro atoms. The molecule has 0 aromatic rings. The van der Waals surface area contributed by atoms with Gasteiger partial charge in [-0.05, 0) is 26.3 Å². The van der Waals surface area contributed by atoms with Crippen molar-refractivity contribution in [1.82, 2.24) is 4.90 Å². The fraction of sp³-hybridized carbons (Fsp3) is 0.926. The number of likely N-dealkylation sites (N-methyl/N-ethyl adjacent to an activating group) is 1. The standard InChI is InChI=1S/C27H53NO/c1-3-4-5-6-7-8-9-10-11-12-13-14-15-16-17-18-19-23-27(29)25-26-22-20-21-24-28(26)2/h20,22,26-27,29H,3-19,21,23-25H2,1-2H3/t26-,27+/m0/s1. The minimum atomic E-state index is -0.124. The zero-order valence-corrected chi connectivity index (χ0v) is 20.1. The molecule has 1 aliphatic rings. The van der Waals surface area contributed by atoms with Crippen LogP contribution in [0.3, 0.4) is 0 Å². The highest BCUT2D eigenvalue weighted by Crippen LogP contribution is 2.18. The molecule has 2 heteroatoms. The molecule has 2 nitrogen and oxygen atoms in total.